The smallest absolute Gasteiger partial charge is 0.234 e. The predicted octanol–water partition coefficient (Wildman–Crippen LogP) is 3.64. The lowest BCUT2D eigenvalue weighted by Gasteiger charge is -2.42. The van der Waals surface area contributed by atoms with E-state index in [0.717, 1.165) is 5.57 Å². The van der Waals surface area contributed by atoms with Crippen LogP contribution in [0.4, 0.5) is 0 Å². The number of ketones is 2. The van der Waals surface area contributed by atoms with Gasteiger partial charge in [0.05, 0.1) is 26.1 Å². The zero-order chi connectivity index (χ0) is 27.0. The Kier molecular flexibility index (Phi) is 5.69. The molecular weight excluding hydrogens is 474 g/mol. The minimum absolute atomic E-state index is 0.145. The summed E-state index contributed by atoms with van der Waals surface area (Å²) >= 11 is 0. The highest BCUT2D eigenvalue weighted by molar-refractivity contribution is 6.24. The number of methoxy groups -OCH3 is 2. The van der Waals surface area contributed by atoms with Gasteiger partial charge in [-0.05, 0) is 52.5 Å². The first-order valence-electron chi connectivity index (χ1n) is 12.4. The number of allylic oxidation sites excluding steroid dienone is 6. The summed E-state index contributed by atoms with van der Waals surface area (Å²) in [5.74, 6) is -2.94. The van der Waals surface area contributed by atoms with Crippen LogP contribution in [0.1, 0.15) is 52.0 Å². The van der Waals surface area contributed by atoms with E-state index in [1.54, 1.807) is 13.0 Å². The van der Waals surface area contributed by atoms with Gasteiger partial charge < -0.3 is 14.6 Å². The zero-order valence-corrected chi connectivity index (χ0v) is 21.9. The molecule has 0 aromatic heterocycles. The number of hydrogen-bond acceptors (Lipinski definition) is 7. The summed E-state index contributed by atoms with van der Waals surface area (Å²) in [7, 11) is 2.92. The quantitative estimate of drug-likeness (QED) is 0.379. The van der Waals surface area contributed by atoms with Gasteiger partial charge in [-0.3, -0.25) is 24.1 Å². The molecular formula is C29H31NO7. The summed E-state index contributed by atoms with van der Waals surface area (Å²) in [4.78, 5) is 55.3. The van der Waals surface area contributed by atoms with E-state index in [0.29, 0.717) is 40.2 Å². The summed E-state index contributed by atoms with van der Waals surface area (Å²) in [6, 6.07) is 3.06. The van der Waals surface area contributed by atoms with E-state index in [4.69, 9.17) is 9.47 Å². The fraction of sp³-hybridized carbons (Fsp3) is 0.448. The second kappa shape index (κ2) is 8.43. The van der Waals surface area contributed by atoms with Gasteiger partial charge >= 0.3 is 0 Å². The minimum atomic E-state index is -0.803. The zero-order valence-electron chi connectivity index (χ0n) is 21.9. The van der Waals surface area contributed by atoms with Gasteiger partial charge in [0, 0.05) is 45.9 Å². The first kappa shape index (κ1) is 25.0. The van der Waals surface area contributed by atoms with E-state index in [9.17, 15) is 24.3 Å². The van der Waals surface area contributed by atoms with Gasteiger partial charge in [-0.25, -0.2) is 0 Å². The summed E-state index contributed by atoms with van der Waals surface area (Å²) in [5, 5.41) is 11.2. The minimum Gasteiger partial charge on any atom is -0.507 e. The molecule has 1 aliphatic heterocycles. The van der Waals surface area contributed by atoms with Crippen LogP contribution in [0, 0.1) is 17.8 Å². The second-order valence-corrected chi connectivity index (χ2v) is 11.2. The van der Waals surface area contributed by atoms with E-state index in [1.165, 1.54) is 31.3 Å². The molecule has 37 heavy (non-hydrogen) atoms. The lowest BCUT2D eigenvalue weighted by Crippen LogP contribution is -2.46. The molecule has 5 rings (SSSR count). The Morgan fingerprint density at radius 1 is 1.00 bits per heavy atom. The van der Waals surface area contributed by atoms with Gasteiger partial charge in [0.2, 0.25) is 11.8 Å². The normalized spacial score (nSPS) is 27.5. The summed E-state index contributed by atoms with van der Waals surface area (Å²) in [5.41, 5.74) is 1.37. The highest BCUT2D eigenvalue weighted by Crippen LogP contribution is 2.58. The van der Waals surface area contributed by atoms with E-state index in [1.807, 2.05) is 26.8 Å². The highest BCUT2D eigenvalue weighted by atomic mass is 16.5. The molecule has 0 bridgehead atoms. The van der Waals surface area contributed by atoms with Gasteiger partial charge in [0.15, 0.2) is 11.6 Å². The molecule has 8 heteroatoms. The van der Waals surface area contributed by atoms with Crippen LogP contribution < -0.4 is 9.47 Å². The van der Waals surface area contributed by atoms with E-state index in [-0.39, 0.29) is 35.6 Å². The van der Waals surface area contributed by atoms with E-state index >= 15 is 0 Å². The molecule has 0 saturated carbocycles. The molecule has 2 amide bonds. The molecule has 3 aliphatic carbocycles. The van der Waals surface area contributed by atoms with Crippen molar-refractivity contribution < 1.29 is 33.8 Å². The predicted molar refractivity (Wildman–Crippen MR) is 134 cm³/mol. The number of imide groups is 1. The maximum Gasteiger partial charge on any atom is 0.234 e. The van der Waals surface area contributed by atoms with Crippen molar-refractivity contribution in [1.29, 1.82) is 0 Å². The molecule has 0 spiro atoms. The molecule has 4 aliphatic rings. The third-order valence-corrected chi connectivity index (χ3v) is 8.07. The van der Waals surface area contributed by atoms with Gasteiger partial charge in [-0.1, -0.05) is 11.6 Å². The second-order valence-electron chi connectivity index (χ2n) is 11.2. The van der Waals surface area contributed by atoms with Gasteiger partial charge in [-0.2, -0.15) is 0 Å². The average Bonchev–Trinajstić information content (AvgIpc) is 3.11. The Morgan fingerprint density at radius 3 is 2.32 bits per heavy atom. The Balaban J connectivity index is 1.74. The number of Topliss-reactive ketones (excluding diaryl/α,β-unsaturated/α-hetero) is 1. The number of carbonyl (C=O) groups excluding carboxylic acids is 4. The highest BCUT2D eigenvalue weighted by Gasteiger charge is 2.58. The average molecular weight is 506 g/mol. The van der Waals surface area contributed by atoms with Crippen LogP contribution in [0.25, 0.3) is 0 Å². The summed E-state index contributed by atoms with van der Waals surface area (Å²) < 4.78 is 10.9. The van der Waals surface area contributed by atoms with Crippen LogP contribution in [0.5, 0.6) is 17.2 Å². The van der Waals surface area contributed by atoms with Gasteiger partial charge in [0.25, 0.3) is 0 Å². The van der Waals surface area contributed by atoms with Crippen LogP contribution in [0.3, 0.4) is 0 Å². The van der Waals surface area contributed by atoms with Crippen molar-refractivity contribution in [1.82, 2.24) is 4.90 Å². The number of ether oxygens (including phenoxy) is 2. The number of rotatable bonds is 3. The molecule has 8 nitrogen and oxygen atoms in total. The number of nitrogens with zero attached hydrogens (tertiary/aromatic N) is 1. The Labute approximate surface area is 215 Å². The van der Waals surface area contributed by atoms with Crippen LogP contribution >= 0.6 is 0 Å². The summed E-state index contributed by atoms with van der Waals surface area (Å²) in [6.07, 6.45) is 3.77. The number of phenols is 1. The first-order valence-corrected chi connectivity index (χ1v) is 12.4. The monoisotopic (exact) mass is 505 g/mol. The maximum atomic E-state index is 13.7. The number of amides is 2. The largest absolute Gasteiger partial charge is 0.507 e. The van der Waals surface area contributed by atoms with E-state index < -0.39 is 29.2 Å². The van der Waals surface area contributed by atoms with Crippen LogP contribution in [0.15, 0.2) is 46.6 Å². The number of benzene rings is 1. The van der Waals surface area contributed by atoms with Crippen molar-refractivity contribution in [2.75, 3.05) is 14.2 Å². The third kappa shape index (κ3) is 3.56. The van der Waals surface area contributed by atoms with Crippen molar-refractivity contribution >= 4 is 23.4 Å². The standard InChI is InChI=1S/C29H31NO7/c1-13-9-19(31)23-18(26(13)33)12-17-15(24(23)25-20(32)10-14(36-5)11-21(25)37-6)7-8-16-22(17)28(35)30(27(16)34)29(2,3)4/h7,9-11,16-17,22,24,32H,8,12H2,1-6H3/t16-,17+,22-,24-/m0/s1. The number of hydrogen-bond donors (Lipinski definition) is 1. The number of phenolic OH excluding ortho intramolecular Hbond substituents is 1. The van der Waals surface area contributed by atoms with E-state index in [2.05, 4.69) is 0 Å². The topological polar surface area (TPSA) is 110 Å². The molecule has 0 unspecified atom stereocenters. The summed E-state index contributed by atoms with van der Waals surface area (Å²) in [6.45, 7) is 7.09. The Hall–Kier alpha value is -3.68. The lowest BCUT2D eigenvalue weighted by atomic mass is 9.59. The van der Waals surface area contributed by atoms with Gasteiger partial charge in [0.1, 0.15) is 17.2 Å². The number of carbonyl (C=O) groups is 4. The van der Waals surface area contributed by atoms with Gasteiger partial charge in [-0.15, -0.1) is 0 Å². The number of likely N-dealkylation sites (tertiary alicyclic amines) is 1. The molecule has 194 valence electrons. The van der Waals surface area contributed by atoms with Crippen molar-refractivity contribution in [3.05, 3.63) is 52.1 Å². The molecule has 1 N–H and O–H groups in total. The molecule has 1 aromatic rings. The van der Waals surface area contributed by atoms with Crippen LogP contribution in [-0.2, 0) is 19.2 Å². The lowest BCUT2D eigenvalue weighted by molar-refractivity contribution is -0.145. The van der Waals surface area contributed by atoms with Crippen molar-refractivity contribution in [3.63, 3.8) is 0 Å². The molecule has 1 fully saturated rings. The number of aromatic hydroxyl groups is 1. The Bertz CT molecular complexity index is 1360. The molecule has 4 atom stereocenters. The molecule has 1 aromatic carbocycles. The third-order valence-electron chi connectivity index (χ3n) is 8.07. The van der Waals surface area contributed by atoms with Crippen molar-refractivity contribution in [2.24, 2.45) is 17.8 Å². The maximum absolute atomic E-state index is 13.7. The SMILES string of the molecule is COc1cc(O)c([C@H]2C3=CC[C@@H]4C(=O)N(C(C)(C)C)C(=O)[C@@H]4[C@@H]3CC3=C2C(=O)C=C(C)C3=O)c(OC)c1. The number of fused-ring (bicyclic) bond motifs is 3. The molecule has 0 radical (unpaired) electrons. The van der Waals surface area contributed by atoms with Crippen molar-refractivity contribution in [3.8, 4) is 17.2 Å². The molecule has 1 heterocycles. The van der Waals surface area contributed by atoms with Crippen LogP contribution in [0.2, 0.25) is 0 Å². The first-order chi connectivity index (χ1) is 17.4. The fourth-order valence-electron chi connectivity index (χ4n) is 6.54. The fourth-order valence-corrected chi connectivity index (χ4v) is 6.54. The Morgan fingerprint density at radius 2 is 1.70 bits per heavy atom. The molecule has 1 saturated heterocycles. The van der Waals surface area contributed by atoms with Crippen molar-refractivity contribution in [2.45, 2.75) is 52.0 Å². The van der Waals surface area contributed by atoms with Crippen LogP contribution in [-0.4, -0.2) is 53.1 Å².